The first-order valence-electron chi connectivity index (χ1n) is 10.3. The predicted molar refractivity (Wildman–Crippen MR) is 111 cm³/mol. The number of aliphatic hydroxyl groups is 1. The van der Waals surface area contributed by atoms with Crippen LogP contribution < -0.4 is 5.32 Å². The number of benzene rings is 2. The molecule has 1 amide bonds. The fourth-order valence-electron chi connectivity index (χ4n) is 5.29. The summed E-state index contributed by atoms with van der Waals surface area (Å²) in [5, 5.41) is 23.1. The van der Waals surface area contributed by atoms with Gasteiger partial charge in [0.1, 0.15) is 0 Å². The average Bonchev–Trinajstić information content (AvgIpc) is 3.56. The van der Waals surface area contributed by atoms with E-state index in [4.69, 9.17) is 11.6 Å². The summed E-state index contributed by atoms with van der Waals surface area (Å²) < 4.78 is 0. The molecule has 148 valence electrons. The first-order chi connectivity index (χ1) is 14.0. The van der Waals surface area contributed by atoms with Crippen LogP contribution in [0.1, 0.15) is 53.1 Å². The van der Waals surface area contributed by atoms with Crippen LogP contribution in [0.4, 0.5) is 0 Å². The summed E-state index contributed by atoms with van der Waals surface area (Å²) in [6.45, 7) is 0. The number of rotatable bonds is 4. The molecule has 0 saturated heterocycles. The molecule has 6 rings (SSSR count). The van der Waals surface area contributed by atoms with Crippen molar-refractivity contribution in [2.24, 2.45) is 11.8 Å². The molecule has 0 spiro atoms. The average molecular weight is 408 g/mol. The van der Waals surface area contributed by atoms with Crippen LogP contribution in [0.5, 0.6) is 0 Å². The van der Waals surface area contributed by atoms with Crippen LogP contribution in [0.2, 0.25) is 5.02 Å². The third-order valence-electron chi connectivity index (χ3n) is 7.00. The Balaban J connectivity index is 1.17. The van der Waals surface area contributed by atoms with Gasteiger partial charge in [-0.1, -0.05) is 23.7 Å². The molecule has 3 saturated carbocycles. The highest BCUT2D eigenvalue weighted by Crippen LogP contribution is 2.60. The normalized spacial score (nSPS) is 30.3. The molecule has 0 bridgehead atoms. The Bertz CT molecular complexity index is 1120. The van der Waals surface area contributed by atoms with E-state index in [1.54, 1.807) is 6.20 Å². The maximum atomic E-state index is 12.7. The number of nitrogens with zero attached hydrogens (tertiary/aromatic N) is 1. The van der Waals surface area contributed by atoms with Gasteiger partial charge in [0.2, 0.25) is 0 Å². The number of H-pyrrole nitrogens is 1. The summed E-state index contributed by atoms with van der Waals surface area (Å²) >= 11 is 6.26. The minimum atomic E-state index is -0.921. The number of halogens is 1. The lowest BCUT2D eigenvalue weighted by Crippen LogP contribution is -2.33. The number of hydrogen-bond donors (Lipinski definition) is 3. The Hall–Kier alpha value is -2.37. The van der Waals surface area contributed by atoms with Gasteiger partial charge in [-0.05, 0) is 78.8 Å². The topological polar surface area (TPSA) is 78.0 Å². The zero-order valence-electron chi connectivity index (χ0n) is 15.9. The second kappa shape index (κ2) is 6.07. The quantitative estimate of drug-likeness (QED) is 0.608. The molecule has 3 fully saturated rings. The lowest BCUT2D eigenvalue weighted by Gasteiger charge is -2.27. The summed E-state index contributed by atoms with van der Waals surface area (Å²) in [5.41, 5.74) is 2.76. The molecule has 6 heteroatoms. The van der Waals surface area contributed by atoms with Crippen molar-refractivity contribution in [3.05, 3.63) is 64.3 Å². The number of carbonyl (C=O) groups excluding carboxylic acids is 1. The fraction of sp³-hybridized carbons (Fsp3) is 0.391. The van der Waals surface area contributed by atoms with E-state index in [1.165, 1.54) is 18.4 Å². The zero-order chi connectivity index (χ0) is 19.8. The number of amides is 1. The first kappa shape index (κ1) is 17.5. The summed E-state index contributed by atoms with van der Waals surface area (Å²) in [7, 11) is 0. The highest BCUT2D eigenvalue weighted by Gasteiger charge is 2.62. The van der Waals surface area contributed by atoms with E-state index in [0.29, 0.717) is 35.6 Å². The maximum Gasteiger partial charge on any atom is 0.251 e. The molecule has 4 atom stereocenters. The maximum absolute atomic E-state index is 12.7. The van der Waals surface area contributed by atoms with Crippen LogP contribution >= 0.6 is 11.6 Å². The molecule has 3 aliphatic carbocycles. The third kappa shape index (κ3) is 2.87. The van der Waals surface area contributed by atoms with Crippen LogP contribution in [0.15, 0.2) is 42.6 Å². The second-order valence-electron chi connectivity index (χ2n) is 8.95. The standard InChI is InChI=1S/C23H22ClN3O2/c24-15-7-19(18-11-25-27-20(18)8-15)23(29)9-16-17(10-23)21(16)26-22(28)14-3-1-2-13(6-14)12-4-5-12/h1-3,6-8,11-12,16-17,21,29H,4-5,9-10H2,(H,25,27)(H,26,28)/t16-,17+,21+,23+. The highest BCUT2D eigenvalue weighted by molar-refractivity contribution is 6.31. The molecule has 0 unspecified atom stereocenters. The molecular weight excluding hydrogens is 386 g/mol. The van der Waals surface area contributed by atoms with E-state index < -0.39 is 5.60 Å². The fourth-order valence-corrected chi connectivity index (χ4v) is 5.50. The van der Waals surface area contributed by atoms with Crippen molar-refractivity contribution in [2.75, 3.05) is 0 Å². The SMILES string of the molecule is O=C(N[C@H]1[C@@H]2C[C@@](O)(c3cc(Cl)cc4[nH]ncc34)C[C@@H]21)c1cccc(C2CC2)c1. The summed E-state index contributed by atoms with van der Waals surface area (Å²) in [6.07, 6.45) is 5.46. The minimum absolute atomic E-state index is 0.00424. The van der Waals surface area contributed by atoms with Crippen molar-refractivity contribution < 1.29 is 9.90 Å². The molecule has 1 aromatic heterocycles. The van der Waals surface area contributed by atoms with Crippen LogP contribution in [-0.4, -0.2) is 27.3 Å². The Labute approximate surface area is 173 Å². The van der Waals surface area contributed by atoms with E-state index in [2.05, 4.69) is 21.6 Å². The van der Waals surface area contributed by atoms with Crippen molar-refractivity contribution in [2.45, 2.75) is 43.2 Å². The number of hydrogen-bond acceptors (Lipinski definition) is 3. The molecule has 1 heterocycles. The molecule has 3 aliphatic rings. The van der Waals surface area contributed by atoms with Crippen LogP contribution in [0.25, 0.3) is 10.9 Å². The summed E-state index contributed by atoms with van der Waals surface area (Å²) in [6, 6.07) is 11.8. The van der Waals surface area contributed by atoms with Gasteiger partial charge >= 0.3 is 0 Å². The van der Waals surface area contributed by atoms with E-state index in [1.807, 2.05) is 30.3 Å². The van der Waals surface area contributed by atoms with E-state index in [0.717, 1.165) is 22.0 Å². The number of fused-ring (bicyclic) bond motifs is 2. The predicted octanol–water partition coefficient (Wildman–Crippen LogP) is 4.12. The third-order valence-corrected chi connectivity index (χ3v) is 7.22. The van der Waals surface area contributed by atoms with Crippen molar-refractivity contribution >= 4 is 28.4 Å². The number of aromatic amines is 1. The van der Waals surface area contributed by atoms with Gasteiger partial charge in [0.05, 0.1) is 17.3 Å². The molecule has 0 aliphatic heterocycles. The van der Waals surface area contributed by atoms with Crippen molar-refractivity contribution in [3.63, 3.8) is 0 Å². The number of aromatic nitrogens is 2. The van der Waals surface area contributed by atoms with Gasteiger partial charge in [0, 0.05) is 22.0 Å². The zero-order valence-corrected chi connectivity index (χ0v) is 16.6. The van der Waals surface area contributed by atoms with Crippen LogP contribution in [-0.2, 0) is 5.60 Å². The summed E-state index contributed by atoms with van der Waals surface area (Å²) in [4.78, 5) is 12.7. The molecular formula is C23H22ClN3O2. The molecule has 3 aromatic rings. The lowest BCUT2D eigenvalue weighted by atomic mass is 9.86. The minimum Gasteiger partial charge on any atom is -0.385 e. The Morgan fingerprint density at radius 3 is 2.76 bits per heavy atom. The van der Waals surface area contributed by atoms with Gasteiger partial charge < -0.3 is 10.4 Å². The number of carbonyl (C=O) groups is 1. The van der Waals surface area contributed by atoms with Gasteiger partial charge in [-0.25, -0.2) is 0 Å². The summed E-state index contributed by atoms with van der Waals surface area (Å²) in [5.74, 6) is 1.24. The molecule has 3 N–H and O–H groups in total. The number of nitrogens with one attached hydrogen (secondary N) is 2. The van der Waals surface area contributed by atoms with Crippen LogP contribution in [0, 0.1) is 11.8 Å². The lowest BCUT2D eigenvalue weighted by molar-refractivity contribution is 0.0293. The second-order valence-corrected chi connectivity index (χ2v) is 9.39. The van der Waals surface area contributed by atoms with Gasteiger partial charge in [-0.2, -0.15) is 5.10 Å². The Morgan fingerprint density at radius 2 is 2.00 bits per heavy atom. The van der Waals surface area contributed by atoms with E-state index >= 15 is 0 Å². The molecule has 29 heavy (non-hydrogen) atoms. The van der Waals surface area contributed by atoms with E-state index in [-0.39, 0.29) is 11.9 Å². The van der Waals surface area contributed by atoms with Crippen molar-refractivity contribution in [1.82, 2.24) is 15.5 Å². The largest absolute Gasteiger partial charge is 0.385 e. The van der Waals surface area contributed by atoms with Crippen molar-refractivity contribution in [1.29, 1.82) is 0 Å². The van der Waals surface area contributed by atoms with E-state index in [9.17, 15) is 9.90 Å². The van der Waals surface area contributed by atoms with Crippen molar-refractivity contribution in [3.8, 4) is 0 Å². The van der Waals surface area contributed by atoms with Crippen LogP contribution in [0.3, 0.4) is 0 Å². The molecule has 2 aromatic carbocycles. The van der Waals surface area contributed by atoms with Gasteiger partial charge in [-0.15, -0.1) is 0 Å². The molecule has 5 nitrogen and oxygen atoms in total. The Kier molecular flexibility index (Phi) is 3.66. The van der Waals surface area contributed by atoms with Gasteiger partial charge in [-0.3, -0.25) is 9.89 Å². The Morgan fingerprint density at radius 1 is 1.21 bits per heavy atom. The smallest absolute Gasteiger partial charge is 0.251 e. The first-order valence-corrected chi connectivity index (χ1v) is 10.7. The highest BCUT2D eigenvalue weighted by atomic mass is 35.5. The monoisotopic (exact) mass is 407 g/mol. The van der Waals surface area contributed by atoms with Gasteiger partial charge in [0.15, 0.2) is 0 Å². The molecule has 0 radical (unpaired) electrons. The van der Waals surface area contributed by atoms with Gasteiger partial charge in [0.25, 0.3) is 5.91 Å².